The standard InChI is InChI=1S/C23H27N3O3/c1-16-14-25(9-10-26(16)17-5-4-6-18(11-17)28-2)15-23(27)21-13-24-22-8-7-19(29-3)12-20(21)22/h4-8,11-13,16,24H,9-10,14-15H2,1-3H3/p+1/t16-/m1/s1. The number of piperazine rings is 1. The summed E-state index contributed by atoms with van der Waals surface area (Å²) in [6.45, 7) is 5.49. The second kappa shape index (κ2) is 8.17. The van der Waals surface area contributed by atoms with Crippen LogP contribution in [-0.4, -0.2) is 57.2 Å². The number of carbonyl (C=O) groups excluding carboxylic acids is 1. The van der Waals surface area contributed by atoms with Gasteiger partial charge in [0.15, 0.2) is 0 Å². The van der Waals surface area contributed by atoms with Crippen LogP contribution in [0, 0.1) is 0 Å². The Hall–Kier alpha value is -2.99. The Morgan fingerprint density at radius 3 is 2.72 bits per heavy atom. The van der Waals surface area contributed by atoms with Crippen LogP contribution in [0.5, 0.6) is 11.5 Å². The Morgan fingerprint density at radius 2 is 1.97 bits per heavy atom. The van der Waals surface area contributed by atoms with Crippen LogP contribution < -0.4 is 19.3 Å². The van der Waals surface area contributed by atoms with Gasteiger partial charge in [-0.3, -0.25) is 4.79 Å². The second-order valence-corrected chi connectivity index (χ2v) is 7.66. The first kappa shape index (κ1) is 19.3. The Morgan fingerprint density at radius 1 is 1.17 bits per heavy atom. The molecule has 6 nitrogen and oxygen atoms in total. The zero-order valence-electron chi connectivity index (χ0n) is 17.2. The normalized spacial score (nSPS) is 19.3. The fraction of sp³-hybridized carbons (Fsp3) is 0.348. The Kier molecular flexibility index (Phi) is 5.45. The van der Waals surface area contributed by atoms with E-state index in [2.05, 4.69) is 28.9 Å². The molecule has 4 rings (SSSR count). The Bertz CT molecular complexity index is 1010. The van der Waals surface area contributed by atoms with Gasteiger partial charge in [-0.05, 0) is 37.3 Å². The number of anilines is 1. The number of carbonyl (C=O) groups is 1. The minimum atomic E-state index is 0.168. The quantitative estimate of drug-likeness (QED) is 0.629. The first-order valence-corrected chi connectivity index (χ1v) is 10.0. The van der Waals surface area contributed by atoms with Gasteiger partial charge in [0.1, 0.15) is 18.0 Å². The number of rotatable bonds is 6. The van der Waals surface area contributed by atoms with Crippen molar-refractivity contribution in [1.82, 2.24) is 4.98 Å². The van der Waals surface area contributed by atoms with Crippen LogP contribution in [0.25, 0.3) is 10.9 Å². The van der Waals surface area contributed by atoms with Crippen LogP contribution in [0.4, 0.5) is 5.69 Å². The highest BCUT2D eigenvalue weighted by Crippen LogP contribution is 2.24. The van der Waals surface area contributed by atoms with E-state index in [1.165, 1.54) is 10.6 Å². The van der Waals surface area contributed by atoms with E-state index in [1.807, 2.05) is 36.5 Å². The number of nitrogens with one attached hydrogen (secondary N) is 2. The third kappa shape index (κ3) is 3.93. The SMILES string of the molecule is COc1cccc(N2CC[NH+](CC(=O)c3c[nH]c4ccc(OC)cc34)C[C@H]2C)c1. The van der Waals surface area contributed by atoms with Crippen LogP contribution in [-0.2, 0) is 0 Å². The summed E-state index contributed by atoms with van der Waals surface area (Å²) in [6, 6.07) is 14.3. The van der Waals surface area contributed by atoms with E-state index in [0.717, 1.165) is 47.6 Å². The van der Waals surface area contributed by atoms with Gasteiger partial charge >= 0.3 is 0 Å². The van der Waals surface area contributed by atoms with Crippen molar-refractivity contribution in [1.29, 1.82) is 0 Å². The van der Waals surface area contributed by atoms with E-state index in [0.29, 0.717) is 12.6 Å². The van der Waals surface area contributed by atoms with Gasteiger partial charge in [-0.15, -0.1) is 0 Å². The van der Waals surface area contributed by atoms with Crippen LogP contribution >= 0.6 is 0 Å². The molecule has 1 fully saturated rings. The van der Waals surface area contributed by atoms with E-state index in [9.17, 15) is 4.79 Å². The Balaban J connectivity index is 1.44. The molecule has 6 heteroatoms. The van der Waals surface area contributed by atoms with Gasteiger partial charge < -0.3 is 24.3 Å². The van der Waals surface area contributed by atoms with Crippen molar-refractivity contribution in [3.63, 3.8) is 0 Å². The Labute approximate surface area is 171 Å². The number of quaternary nitrogens is 1. The lowest BCUT2D eigenvalue weighted by Gasteiger charge is -2.38. The molecule has 0 spiro atoms. The smallest absolute Gasteiger partial charge is 0.219 e. The molecule has 0 radical (unpaired) electrons. The second-order valence-electron chi connectivity index (χ2n) is 7.66. The minimum absolute atomic E-state index is 0.168. The number of hydrogen-bond acceptors (Lipinski definition) is 4. The number of hydrogen-bond donors (Lipinski definition) is 2. The maximum Gasteiger partial charge on any atom is 0.219 e. The summed E-state index contributed by atoms with van der Waals surface area (Å²) in [5.74, 6) is 1.80. The zero-order valence-corrected chi connectivity index (χ0v) is 17.2. The number of Topliss-reactive ketones (excluding diaryl/α,β-unsaturated/α-hetero) is 1. The van der Waals surface area contributed by atoms with Gasteiger partial charge in [0.25, 0.3) is 0 Å². The number of benzene rings is 2. The molecule has 152 valence electrons. The number of aromatic amines is 1. The van der Waals surface area contributed by atoms with Crippen molar-refractivity contribution < 1.29 is 19.2 Å². The average Bonchev–Trinajstić information content (AvgIpc) is 3.17. The summed E-state index contributed by atoms with van der Waals surface area (Å²) in [5, 5.41) is 0.928. The molecule has 1 saturated heterocycles. The summed E-state index contributed by atoms with van der Waals surface area (Å²) in [4.78, 5) is 19.9. The minimum Gasteiger partial charge on any atom is -0.497 e. The molecule has 0 saturated carbocycles. The van der Waals surface area contributed by atoms with E-state index in [4.69, 9.17) is 9.47 Å². The molecule has 1 aliphatic rings. The number of fused-ring (bicyclic) bond motifs is 1. The highest BCUT2D eigenvalue weighted by Gasteiger charge is 2.29. The molecule has 0 bridgehead atoms. The van der Waals surface area contributed by atoms with Gasteiger partial charge in [0.2, 0.25) is 5.78 Å². The molecule has 2 heterocycles. The monoisotopic (exact) mass is 394 g/mol. The van der Waals surface area contributed by atoms with Crippen molar-refractivity contribution in [2.75, 3.05) is 45.3 Å². The lowest BCUT2D eigenvalue weighted by molar-refractivity contribution is -0.894. The van der Waals surface area contributed by atoms with Crippen LogP contribution in [0.2, 0.25) is 0 Å². The van der Waals surface area contributed by atoms with Crippen molar-refractivity contribution in [3.8, 4) is 11.5 Å². The fourth-order valence-corrected chi connectivity index (χ4v) is 4.24. The summed E-state index contributed by atoms with van der Waals surface area (Å²) in [6.07, 6.45) is 1.82. The first-order chi connectivity index (χ1) is 14.1. The highest BCUT2D eigenvalue weighted by atomic mass is 16.5. The predicted molar refractivity (Wildman–Crippen MR) is 115 cm³/mol. The van der Waals surface area contributed by atoms with Crippen LogP contribution in [0.15, 0.2) is 48.7 Å². The molecule has 3 aromatic rings. The predicted octanol–water partition coefficient (Wildman–Crippen LogP) is 2.16. The van der Waals surface area contributed by atoms with Crippen LogP contribution in [0.3, 0.4) is 0 Å². The number of ketones is 1. The van der Waals surface area contributed by atoms with Crippen LogP contribution in [0.1, 0.15) is 17.3 Å². The number of H-pyrrole nitrogens is 1. The van der Waals surface area contributed by atoms with Gasteiger partial charge in [-0.25, -0.2) is 0 Å². The molecule has 0 amide bonds. The van der Waals surface area contributed by atoms with E-state index >= 15 is 0 Å². The van der Waals surface area contributed by atoms with Gasteiger partial charge in [-0.1, -0.05) is 6.07 Å². The number of aromatic nitrogens is 1. The van der Waals surface area contributed by atoms with Crippen molar-refractivity contribution in [2.45, 2.75) is 13.0 Å². The molecule has 1 unspecified atom stereocenters. The molecule has 1 aliphatic heterocycles. The molecule has 29 heavy (non-hydrogen) atoms. The molecule has 0 aliphatic carbocycles. The summed E-state index contributed by atoms with van der Waals surface area (Å²) < 4.78 is 10.7. The van der Waals surface area contributed by atoms with Gasteiger partial charge in [0.05, 0.1) is 39.9 Å². The number of ether oxygens (including phenoxy) is 2. The topological polar surface area (TPSA) is 59.0 Å². The number of nitrogens with zero attached hydrogens (tertiary/aromatic N) is 1. The summed E-state index contributed by atoms with van der Waals surface area (Å²) >= 11 is 0. The lowest BCUT2D eigenvalue weighted by Crippen LogP contribution is -3.16. The lowest BCUT2D eigenvalue weighted by atomic mass is 10.1. The zero-order chi connectivity index (χ0) is 20.4. The molecular weight excluding hydrogens is 366 g/mol. The van der Waals surface area contributed by atoms with Crippen molar-refractivity contribution in [2.24, 2.45) is 0 Å². The van der Waals surface area contributed by atoms with E-state index in [1.54, 1.807) is 14.2 Å². The van der Waals surface area contributed by atoms with E-state index < -0.39 is 0 Å². The molecule has 2 N–H and O–H groups in total. The molecule has 2 aromatic carbocycles. The van der Waals surface area contributed by atoms with Crippen molar-refractivity contribution in [3.05, 3.63) is 54.2 Å². The average molecular weight is 394 g/mol. The molecular formula is C23H28N3O3+. The van der Waals surface area contributed by atoms with Crippen molar-refractivity contribution >= 4 is 22.4 Å². The summed E-state index contributed by atoms with van der Waals surface area (Å²) in [7, 11) is 3.33. The first-order valence-electron chi connectivity index (χ1n) is 10.0. The fourth-order valence-electron chi connectivity index (χ4n) is 4.24. The maximum absolute atomic E-state index is 13.0. The van der Waals surface area contributed by atoms with Gasteiger partial charge in [-0.2, -0.15) is 0 Å². The van der Waals surface area contributed by atoms with Gasteiger partial charge in [0, 0.05) is 34.4 Å². The largest absolute Gasteiger partial charge is 0.497 e. The third-order valence-corrected chi connectivity index (χ3v) is 5.81. The third-order valence-electron chi connectivity index (χ3n) is 5.81. The molecule has 2 atom stereocenters. The summed E-state index contributed by atoms with van der Waals surface area (Å²) in [5.41, 5.74) is 2.88. The maximum atomic E-state index is 13.0. The van der Waals surface area contributed by atoms with E-state index in [-0.39, 0.29) is 5.78 Å². The number of methoxy groups -OCH3 is 2. The highest BCUT2D eigenvalue weighted by molar-refractivity contribution is 6.08. The molecule has 1 aromatic heterocycles.